The molecule has 0 radical (unpaired) electrons. The first-order valence-electron chi connectivity index (χ1n) is 12.5. The first-order chi connectivity index (χ1) is 17.4. The third-order valence-corrected chi connectivity index (χ3v) is 6.66. The molecular weight excluding hydrogens is 518 g/mol. The highest BCUT2D eigenvalue weighted by molar-refractivity contribution is 5.86. The van der Waals surface area contributed by atoms with Gasteiger partial charge in [-0.3, -0.25) is 14.5 Å². The minimum absolute atomic E-state index is 0.00686. The number of nitrogens with zero attached hydrogens (tertiary/aromatic N) is 2. The highest BCUT2D eigenvalue weighted by Crippen LogP contribution is 2.36. The van der Waals surface area contributed by atoms with Crippen LogP contribution >= 0.6 is 0 Å². The fourth-order valence-electron chi connectivity index (χ4n) is 4.87. The van der Waals surface area contributed by atoms with E-state index in [1.165, 1.54) is 4.90 Å². The van der Waals surface area contributed by atoms with E-state index in [0.717, 1.165) is 0 Å². The van der Waals surface area contributed by atoms with Crippen LogP contribution in [0.1, 0.15) is 69.6 Å². The van der Waals surface area contributed by atoms with E-state index < -0.39 is 53.4 Å². The van der Waals surface area contributed by atoms with Crippen LogP contribution in [0.4, 0.5) is 31.1 Å². The first-order valence-corrected chi connectivity index (χ1v) is 12.5. The van der Waals surface area contributed by atoms with Crippen molar-refractivity contribution in [2.24, 2.45) is 5.92 Å². The molecule has 2 saturated heterocycles. The van der Waals surface area contributed by atoms with Crippen LogP contribution in [0.3, 0.4) is 0 Å². The van der Waals surface area contributed by atoms with Gasteiger partial charge in [-0.25, -0.2) is 4.79 Å². The largest absolute Gasteiger partial charge is 0.444 e. The summed E-state index contributed by atoms with van der Waals surface area (Å²) >= 11 is 0. The maximum Gasteiger partial charge on any atom is 0.416 e. The Bertz CT molecular complexity index is 1010. The second kappa shape index (κ2) is 11.1. The molecule has 0 saturated carbocycles. The molecule has 2 aliphatic heterocycles. The lowest BCUT2D eigenvalue weighted by atomic mass is 9.89. The van der Waals surface area contributed by atoms with Gasteiger partial charge < -0.3 is 9.64 Å². The summed E-state index contributed by atoms with van der Waals surface area (Å²) in [5.74, 6) is -0.805. The average Bonchev–Trinajstić information content (AvgIpc) is 3.27. The lowest BCUT2D eigenvalue weighted by Gasteiger charge is -2.35. The average molecular weight is 551 g/mol. The van der Waals surface area contributed by atoms with Gasteiger partial charge in [0, 0.05) is 32.5 Å². The first kappa shape index (κ1) is 29.8. The zero-order valence-electron chi connectivity index (χ0n) is 21.5. The van der Waals surface area contributed by atoms with Gasteiger partial charge in [0.2, 0.25) is 5.91 Å². The zero-order chi connectivity index (χ0) is 28.5. The fraction of sp³-hybridized carbons (Fsp3) is 0.654. The molecule has 3 rings (SSSR count). The zero-order valence-corrected chi connectivity index (χ0v) is 21.5. The van der Waals surface area contributed by atoms with E-state index in [4.69, 9.17) is 4.74 Å². The molecule has 6 nitrogen and oxygen atoms in total. The van der Waals surface area contributed by atoms with Gasteiger partial charge in [-0.2, -0.15) is 26.3 Å². The van der Waals surface area contributed by atoms with Gasteiger partial charge in [0.15, 0.2) is 0 Å². The van der Waals surface area contributed by atoms with Crippen molar-refractivity contribution < 1.29 is 45.5 Å². The number of alkyl halides is 6. The van der Waals surface area contributed by atoms with Gasteiger partial charge in [-0.15, -0.1) is 0 Å². The van der Waals surface area contributed by atoms with E-state index in [2.05, 4.69) is 0 Å². The van der Waals surface area contributed by atoms with Gasteiger partial charge >= 0.3 is 18.4 Å². The van der Waals surface area contributed by atoms with Crippen LogP contribution in [0.5, 0.6) is 0 Å². The highest BCUT2D eigenvalue weighted by atomic mass is 19.4. The standard InChI is InChI=1S/C26H32F6N2O4/c1-24(2,3)38-23(37)34-8-4-5-21(34)22(36)33-9-6-16(7-10-33)13-20(35)14-17-11-18(25(27,28)29)15-19(12-17)26(30,31)32/h11-12,15-16,21H,4-10,13-14H2,1-3H3/t21-/m1/s1. The molecule has 0 aliphatic carbocycles. The van der Waals surface area contributed by atoms with E-state index >= 15 is 0 Å². The van der Waals surface area contributed by atoms with Gasteiger partial charge in [-0.1, -0.05) is 0 Å². The highest BCUT2D eigenvalue weighted by Gasteiger charge is 2.40. The van der Waals surface area contributed by atoms with Gasteiger partial charge in [0.25, 0.3) is 0 Å². The summed E-state index contributed by atoms with van der Waals surface area (Å²) in [6.45, 7) is 6.33. The molecule has 2 amide bonds. The molecular formula is C26H32F6N2O4. The molecule has 12 heteroatoms. The third-order valence-electron chi connectivity index (χ3n) is 6.66. The number of Topliss-reactive ketones (excluding diaryl/α,β-unsaturated/α-hetero) is 1. The van der Waals surface area contributed by atoms with Crippen molar-refractivity contribution in [1.29, 1.82) is 0 Å². The number of hydrogen-bond donors (Lipinski definition) is 0. The topological polar surface area (TPSA) is 66.9 Å². The molecule has 0 bridgehead atoms. The molecule has 0 aromatic heterocycles. The number of carbonyl (C=O) groups excluding carboxylic acids is 3. The Morgan fingerprint density at radius 2 is 1.42 bits per heavy atom. The molecule has 212 valence electrons. The van der Waals surface area contributed by atoms with E-state index in [1.54, 1.807) is 25.7 Å². The minimum Gasteiger partial charge on any atom is -0.444 e. The SMILES string of the molecule is CC(C)(C)OC(=O)N1CCC[C@@H]1C(=O)N1CCC(CC(=O)Cc2cc(C(F)(F)F)cc(C(F)(F)F)c2)CC1. The maximum atomic E-state index is 13.1. The van der Waals surface area contributed by atoms with Crippen LogP contribution in [-0.2, 0) is 33.1 Å². The maximum absolute atomic E-state index is 13.1. The van der Waals surface area contributed by atoms with E-state index in [0.29, 0.717) is 57.5 Å². The summed E-state index contributed by atoms with van der Waals surface area (Å²) in [6.07, 6.45) is -8.92. The summed E-state index contributed by atoms with van der Waals surface area (Å²) < 4.78 is 83.9. The smallest absolute Gasteiger partial charge is 0.416 e. The minimum atomic E-state index is -4.98. The summed E-state index contributed by atoms with van der Waals surface area (Å²) in [5, 5.41) is 0. The Balaban J connectivity index is 1.56. The molecule has 0 unspecified atom stereocenters. The van der Waals surface area contributed by atoms with E-state index in [1.807, 2.05) is 0 Å². The molecule has 2 heterocycles. The van der Waals surface area contributed by atoms with Crippen molar-refractivity contribution in [3.63, 3.8) is 0 Å². The van der Waals surface area contributed by atoms with Crippen molar-refractivity contribution in [2.45, 2.75) is 83.3 Å². The number of likely N-dealkylation sites (tertiary alicyclic amines) is 2. The Labute approximate surface area is 217 Å². The van der Waals surface area contributed by atoms with Crippen molar-refractivity contribution >= 4 is 17.8 Å². The number of ketones is 1. The monoisotopic (exact) mass is 550 g/mol. The third kappa shape index (κ3) is 7.86. The predicted octanol–water partition coefficient (Wildman–Crippen LogP) is 5.86. The lowest BCUT2D eigenvalue weighted by molar-refractivity contribution is -0.143. The number of amides is 2. The van der Waals surface area contributed by atoms with Crippen LogP contribution in [0, 0.1) is 5.92 Å². The Kier molecular flexibility index (Phi) is 8.72. The van der Waals surface area contributed by atoms with Crippen LogP contribution < -0.4 is 0 Å². The van der Waals surface area contributed by atoms with Crippen molar-refractivity contribution in [1.82, 2.24) is 9.80 Å². The number of rotatable bonds is 5. The van der Waals surface area contributed by atoms with Crippen molar-refractivity contribution in [3.8, 4) is 0 Å². The molecule has 0 N–H and O–H groups in total. The number of hydrogen-bond acceptors (Lipinski definition) is 4. The number of carbonyl (C=O) groups is 3. The summed E-state index contributed by atoms with van der Waals surface area (Å²) in [5.41, 5.74) is -3.93. The fourth-order valence-corrected chi connectivity index (χ4v) is 4.87. The van der Waals surface area contributed by atoms with Crippen LogP contribution in [0.15, 0.2) is 18.2 Å². The Morgan fingerprint density at radius 3 is 1.92 bits per heavy atom. The predicted molar refractivity (Wildman–Crippen MR) is 125 cm³/mol. The van der Waals surface area contributed by atoms with Crippen LogP contribution in [-0.4, -0.2) is 58.9 Å². The Morgan fingerprint density at radius 1 is 0.868 bits per heavy atom. The molecule has 1 aromatic rings. The second-order valence-corrected chi connectivity index (χ2v) is 10.9. The normalized spacial score (nSPS) is 19.6. The van der Waals surface area contributed by atoms with Crippen LogP contribution in [0.2, 0.25) is 0 Å². The van der Waals surface area contributed by atoms with E-state index in [9.17, 15) is 40.7 Å². The summed E-state index contributed by atoms with van der Waals surface area (Å²) in [7, 11) is 0. The summed E-state index contributed by atoms with van der Waals surface area (Å²) in [4.78, 5) is 41.2. The number of benzene rings is 1. The Hall–Kier alpha value is -2.79. The lowest BCUT2D eigenvalue weighted by Crippen LogP contribution is -2.51. The number of ether oxygens (including phenoxy) is 1. The van der Waals surface area contributed by atoms with Crippen molar-refractivity contribution in [2.75, 3.05) is 19.6 Å². The van der Waals surface area contributed by atoms with Crippen molar-refractivity contribution in [3.05, 3.63) is 34.9 Å². The van der Waals surface area contributed by atoms with Crippen LogP contribution in [0.25, 0.3) is 0 Å². The molecule has 0 spiro atoms. The molecule has 1 aromatic carbocycles. The van der Waals surface area contributed by atoms with Gasteiger partial charge in [-0.05, 0) is 76.1 Å². The number of piperidine rings is 1. The molecule has 2 fully saturated rings. The van der Waals surface area contributed by atoms with Gasteiger partial charge in [0.1, 0.15) is 17.4 Å². The quantitative estimate of drug-likeness (QED) is 0.431. The number of halogens is 6. The molecule has 1 atom stereocenters. The molecule has 38 heavy (non-hydrogen) atoms. The van der Waals surface area contributed by atoms with Gasteiger partial charge in [0.05, 0.1) is 11.1 Å². The molecule has 2 aliphatic rings. The second-order valence-electron chi connectivity index (χ2n) is 10.9. The van der Waals surface area contributed by atoms with E-state index in [-0.39, 0.29) is 29.9 Å². The summed E-state index contributed by atoms with van der Waals surface area (Å²) in [6, 6.07) is 0.570.